The first-order chi connectivity index (χ1) is 16.0. The highest BCUT2D eigenvalue weighted by Gasteiger charge is 2.34. The van der Waals surface area contributed by atoms with Crippen LogP contribution in [0.3, 0.4) is 0 Å². The molecule has 1 aromatic carbocycles. The molecule has 34 heavy (non-hydrogen) atoms. The number of fused-ring (bicyclic) bond motifs is 1. The molecule has 0 fully saturated rings. The molecule has 1 N–H and O–H groups in total. The summed E-state index contributed by atoms with van der Waals surface area (Å²) in [6, 6.07) is 7.14. The number of halogens is 6. The van der Waals surface area contributed by atoms with E-state index in [0.29, 0.717) is 37.2 Å². The zero-order valence-corrected chi connectivity index (χ0v) is 17.2. The summed E-state index contributed by atoms with van der Waals surface area (Å²) in [6.45, 7) is 0.459. The van der Waals surface area contributed by atoms with E-state index in [0.717, 1.165) is 18.3 Å². The van der Waals surface area contributed by atoms with E-state index in [1.54, 1.807) is 10.8 Å². The second-order valence-corrected chi connectivity index (χ2v) is 7.68. The number of carbonyl (C=O) groups is 1. The first-order valence-corrected chi connectivity index (χ1v) is 10.0. The molecule has 1 atom stereocenters. The minimum atomic E-state index is -4.74. The average molecular weight is 479 g/mol. The van der Waals surface area contributed by atoms with Gasteiger partial charge in [-0.05, 0) is 49.2 Å². The molecule has 12 heteroatoms. The lowest BCUT2D eigenvalue weighted by Crippen LogP contribution is -2.33. The van der Waals surface area contributed by atoms with Gasteiger partial charge in [-0.1, -0.05) is 0 Å². The van der Waals surface area contributed by atoms with Crippen molar-refractivity contribution in [2.45, 2.75) is 37.8 Å². The molecule has 0 bridgehead atoms. The number of nitrogens with one attached hydrogen (secondary N) is 1. The molecule has 176 valence electrons. The SMILES string of the molecule is N#Cc1cc(C(=O)NC2CCCn3nc(-c4ccnc(C(F)(F)F)c4)cc32)cc(C(F)(F)F)c1. The Bertz CT molecular complexity index is 1290. The fourth-order valence-electron chi connectivity index (χ4n) is 3.74. The van der Waals surface area contributed by atoms with E-state index in [9.17, 15) is 31.1 Å². The van der Waals surface area contributed by atoms with Crippen LogP contribution >= 0.6 is 0 Å². The normalized spacial score (nSPS) is 16.0. The van der Waals surface area contributed by atoms with E-state index in [-0.39, 0.29) is 22.4 Å². The summed E-state index contributed by atoms with van der Waals surface area (Å²) >= 11 is 0. The summed E-state index contributed by atoms with van der Waals surface area (Å²) in [5, 5.41) is 16.0. The minimum Gasteiger partial charge on any atom is -0.344 e. The summed E-state index contributed by atoms with van der Waals surface area (Å²) in [6.07, 6.45) is -7.31. The number of aryl methyl sites for hydroxylation is 1. The third kappa shape index (κ3) is 4.73. The van der Waals surface area contributed by atoms with Crippen LogP contribution < -0.4 is 5.32 Å². The number of nitriles is 1. The number of benzene rings is 1. The van der Waals surface area contributed by atoms with E-state index in [2.05, 4.69) is 15.4 Å². The Morgan fingerprint density at radius 3 is 2.53 bits per heavy atom. The second-order valence-electron chi connectivity index (χ2n) is 7.68. The predicted molar refractivity (Wildman–Crippen MR) is 106 cm³/mol. The van der Waals surface area contributed by atoms with Gasteiger partial charge in [0.25, 0.3) is 5.91 Å². The Morgan fingerprint density at radius 2 is 1.85 bits per heavy atom. The Labute approximate surface area is 188 Å². The monoisotopic (exact) mass is 479 g/mol. The first kappa shape index (κ1) is 23.3. The Morgan fingerprint density at radius 1 is 1.09 bits per heavy atom. The number of hydrogen-bond acceptors (Lipinski definition) is 4. The topological polar surface area (TPSA) is 83.6 Å². The quantitative estimate of drug-likeness (QED) is 0.529. The minimum absolute atomic E-state index is 0.186. The molecule has 1 aliphatic heterocycles. The molecule has 0 aliphatic carbocycles. The summed E-state index contributed by atoms with van der Waals surface area (Å²) in [5.41, 5.74) is -1.89. The highest BCUT2D eigenvalue weighted by atomic mass is 19.4. The number of alkyl halides is 6. The molecule has 0 saturated heterocycles. The highest BCUT2D eigenvalue weighted by molar-refractivity contribution is 5.95. The maximum absolute atomic E-state index is 13.1. The molecular weight excluding hydrogens is 464 g/mol. The molecule has 3 heterocycles. The lowest BCUT2D eigenvalue weighted by Gasteiger charge is -2.24. The van der Waals surface area contributed by atoms with Crippen molar-refractivity contribution in [2.75, 3.05) is 0 Å². The fourth-order valence-corrected chi connectivity index (χ4v) is 3.74. The zero-order valence-electron chi connectivity index (χ0n) is 17.2. The van der Waals surface area contributed by atoms with Gasteiger partial charge in [-0.25, -0.2) is 0 Å². The number of hydrogen-bond donors (Lipinski definition) is 1. The van der Waals surface area contributed by atoms with Crippen molar-refractivity contribution in [1.29, 1.82) is 5.26 Å². The average Bonchev–Trinajstić information content (AvgIpc) is 3.23. The molecule has 6 nitrogen and oxygen atoms in total. The molecule has 2 aromatic heterocycles. The van der Waals surface area contributed by atoms with Crippen LogP contribution in [-0.4, -0.2) is 20.7 Å². The lowest BCUT2D eigenvalue weighted by molar-refractivity contribution is -0.141. The van der Waals surface area contributed by atoms with E-state index >= 15 is 0 Å². The molecule has 1 aliphatic rings. The highest BCUT2D eigenvalue weighted by Crippen LogP contribution is 2.34. The molecule has 0 radical (unpaired) electrons. The maximum Gasteiger partial charge on any atom is 0.433 e. The van der Waals surface area contributed by atoms with Gasteiger partial charge in [0.15, 0.2) is 0 Å². The van der Waals surface area contributed by atoms with E-state index in [1.165, 1.54) is 12.1 Å². The van der Waals surface area contributed by atoms with Crippen LogP contribution in [0.4, 0.5) is 26.3 Å². The molecule has 4 rings (SSSR count). The fraction of sp³-hybridized carbons (Fsp3) is 0.273. The number of nitrogens with zero attached hydrogens (tertiary/aromatic N) is 4. The molecule has 3 aromatic rings. The summed E-state index contributed by atoms with van der Waals surface area (Å²) in [7, 11) is 0. The van der Waals surface area contributed by atoms with Crippen molar-refractivity contribution in [3.8, 4) is 17.3 Å². The maximum atomic E-state index is 13.1. The Hall–Kier alpha value is -3.88. The standard InChI is InChI=1S/C22H15F6N5O/c23-21(24,25)15-7-12(11-29)6-14(8-15)20(34)31-16-2-1-5-33-18(16)10-17(32-33)13-3-4-30-19(9-13)22(26,27)28/h3-4,6-10,16H,1-2,5H2,(H,31,34). The second kappa shape index (κ2) is 8.48. The molecular formula is C22H15F6N5O. The molecule has 0 saturated carbocycles. The van der Waals surface area contributed by atoms with Crippen LogP contribution in [0.2, 0.25) is 0 Å². The van der Waals surface area contributed by atoms with Crippen LogP contribution in [0.25, 0.3) is 11.3 Å². The van der Waals surface area contributed by atoms with Crippen molar-refractivity contribution < 1.29 is 31.1 Å². The van der Waals surface area contributed by atoms with E-state index < -0.39 is 35.6 Å². The van der Waals surface area contributed by atoms with Crippen molar-refractivity contribution >= 4 is 5.91 Å². The van der Waals surface area contributed by atoms with Gasteiger partial charge in [0.1, 0.15) is 5.69 Å². The summed E-state index contributed by atoms with van der Waals surface area (Å²) in [5.74, 6) is -0.813. The lowest BCUT2D eigenvalue weighted by atomic mass is 10.0. The van der Waals surface area contributed by atoms with Gasteiger partial charge >= 0.3 is 12.4 Å². The largest absolute Gasteiger partial charge is 0.433 e. The third-order valence-electron chi connectivity index (χ3n) is 5.33. The van der Waals surface area contributed by atoms with Crippen LogP contribution in [0, 0.1) is 11.3 Å². The van der Waals surface area contributed by atoms with Crippen molar-refractivity contribution in [2.24, 2.45) is 0 Å². The molecule has 1 unspecified atom stereocenters. The van der Waals surface area contributed by atoms with Crippen LogP contribution in [0.15, 0.2) is 42.6 Å². The molecule has 0 spiro atoms. The summed E-state index contributed by atoms with van der Waals surface area (Å²) < 4.78 is 80.0. The number of carbonyl (C=O) groups excluding carboxylic acids is 1. The van der Waals surface area contributed by atoms with E-state index in [1.807, 2.05) is 0 Å². The van der Waals surface area contributed by atoms with Gasteiger partial charge in [-0.15, -0.1) is 0 Å². The van der Waals surface area contributed by atoms with Crippen molar-refractivity contribution in [1.82, 2.24) is 20.1 Å². The number of rotatable bonds is 3. The summed E-state index contributed by atoms with van der Waals surface area (Å²) in [4.78, 5) is 16.1. The third-order valence-corrected chi connectivity index (χ3v) is 5.33. The number of amides is 1. The van der Waals surface area contributed by atoms with Gasteiger partial charge in [0.2, 0.25) is 0 Å². The Balaban J connectivity index is 1.62. The zero-order chi connectivity index (χ0) is 24.7. The molecule has 1 amide bonds. The van der Waals surface area contributed by atoms with Gasteiger partial charge in [-0.2, -0.15) is 36.7 Å². The predicted octanol–water partition coefficient (Wildman–Crippen LogP) is 5.12. The number of aromatic nitrogens is 3. The first-order valence-electron chi connectivity index (χ1n) is 10.0. The van der Waals surface area contributed by atoms with E-state index in [4.69, 9.17) is 5.26 Å². The van der Waals surface area contributed by atoms with Crippen LogP contribution in [-0.2, 0) is 18.9 Å². The van der Waals surface area contributed by atoms with Gasteiger partial charge in [0, 0.05) is 23.9 Å². The van der Waals surface area contributed by atoms with Gasteiger partial charge in [-0.3, -0.25) is 14.5 Å². The smallest absolute Gasteiger partial charge is 0.344 e. The van der Waals surface area contributed by atoms with Crippen LogP contribution in [0.1, 0.15) is 51.8 Å². The number of pyridine rings is 1. The van der Waals surface area contributed by atoms with Gasteiger partial charge < -0.3 is 5.32 Å². The van der Waals surface area contributed by atoms with Crippen molar-refractivity contribution in [3.63, 3.8) is 0 Å². The Kier molecular flexibility index (Phi) is 5.80. The van der Waals surface area contributed by atoms with Crippen molar-refractivity contribution in [3.05, 3.63) is 70.7 Å². The van der Waals surface area contributed by atoms with Crippen LogP contribution in [0.5, 0.6) is 0 Å². The van der Waals surface area contributed by atoms with Gasteiger partial charge in [0.05, 0.1) is 34.6 Å².